The van der Waals surface area contributed by atoms with Gasteiger partial charge in [0.2, 0.25) is 10.0 Å². The van der Waals surface area contributed by atoms with E-state index in [2.05, 4.69) is 44.4 Å². The zero-order valence-corrected chi connectivity index (χ0v) is 23.9. The summed E-state index contributed by atoms with van der Waals surface area (Å²) < 4.78 is 34.7. The summed E-state index contributed by atoms with van der Waals surface area (Å²) in [6.07, 6.45) is 9.15. The van der Waals surface area contributed by atoms with Crippen LogP contribution in [0.4, 0.5) is 11.4 Å². The second-order valence-electron chi connectivity index (χ2n) is 10.2. The quantitative estimate of drug-likeness (QED) is 0.370. The Kier molecular flexibility index (Phi) is 7.37. The van der Waals surface area contributed by atoms with Gasteiger partial charge in [0.1, 0.15) is 5.75 Å². The number of hydrogen-bond acceptors (Lipinski definition) is 5. The molecule has 2 N–H and O–H groups in total. The molecule has 2 aromatic heterocycles. The molecule has 1 aliphatic carbocycles. The maximum Gasteiger partial charge on any atom is 0.229 e. The van der Waals surface area contributed by atoms with Crippen LogP contribution in [0.1, 0.15) is 72.9 Å². The molecule has 38 heavy (non-hydrogen) atoms. The van der Waals surface area contributed by atoms with Crippen LogP contribution >= 0.6 is 12.2 Å². The maximum atomic E-state index is 12.1. The second kappa shape index (κ2) is 10.6. The molecule has 0 radical (unpaired) electrons. The SMILES string of the molecule is COc1ccc(N2C(=S)NC(c3ccccn3)C2c2cc(C)n(C3CCCCC3)c2C)cc1NS(C)(=O)=O. The third-order valence-corrected chi connectivity index (χ3v) is 8.54. The summed E-state index contributed by atoms with van der Waals surface area (Å²) in [5, 5.41) is 4.07. The lowest BCUT2D eigenvalue weighted by atomic mass is 9.94. The van der Waals surface area contributed by atoms with Gasteiger partial charge in [0.05, 0.1) is 36.8 Å². The number of aryl methyl sites for hydroxylation is 1. The van der Waals surface area contributed by atoms with Crippen molar-refractivity contribution in [2.24, 2.45) is 0 Å². The van der Waals surface area contributed by atoms with Crippen LogP contribution in [0.5, 0.6) is 5.75 Å². The average Bonchev–Trinajstić information content (AvgIpc) is 3.39. The van der Waals surface area contributed by atoms with Crippen molar-refractivity contribution in [3.05, 3.63) is 71.3 Å². The first-order valence-corrected chi connectivity index (χ1v) is 15.3. The minimum atomic E-state index is -3.51. The van der Waals surface area contributed by atoms with Crippen molar-refractivity contribution in [1.82, 2.24) is 14.9 Å². The molecule has 1 saturated heterocycles. The van der Waals surface area contributed by atoms with Gasteiger partial charge in [0.25, 0.3) is 0 Å². The summed E-state index contributed by atoms with van der Waals surface area (Å²) in [5.74, 6) is 0.436. The Morgan fingerprint density at radius 1 is 1.11 bits per heavy atom. The molecular formula is C28H35N5O3S2. The van der Waals surface area contributed by atoms with Crippen molar-refractivity contribution in [3.8, 4) is 5.75 Å². The highest BCUT2D eigenvalue weighted by Gasteiger charge is 2.42. The van der Waals surface area contributed by atoms with E-state index in [9.17, 15) is 8.42 Å². The number of pyridine rings is 1. The molecule has 0 bridgehead atoms. The number of sulfonamides is 1. The molecule has 1 aliphatic heterocycles. The van der Waals surface area contributed by atoms with Crippen molar-refractivity contribution in [3.63, 3.8) is 0 Å². The van der Waals surface area contributed by atoms with Gasteiger partial charge in [0, 0.05) is 29.3 Å². The Labute approximate surface area is 230 Å². The lowest BCUT2D eigenvalue weighted by Gasteiger charge is -2.30. The number of hydrogen-bond donors (Lipinski definition) is 2. The predicted octanol–water partition coefficient (Wildman–Crippen LogP) is 5.56. The van der Waals surface area contributed by atoms with Gasteiger partial charge in [-0.25, -0.2) is 8.42 Å². The van der Waals surface area contributed by atoms with Crippen molar-refractivity contribution in [2.45, 2.75) is 64.1 Å². The zero-order valence-electron chi connectivity index (χ0n) is 22.3. The molecule has 202 valence electrons. The van der Waals surface area contributed by atoms with E-state index < -0.39 is 10.0 Å². The number of aromatic nitrogens is 2. The van der Waals surface area contributed by atoms with Crippen LogP contribution in [0.2, 0.25) is 0 Å². The minimum Gasteiger partial charge on any atom is -0.495 e. The van der Waals surface area contributed by atoms with E-state index in [1.807, 2.05) is 24.3 Å². The highest BCUT2D eigenvalue weighted by molar-refractivity contribution is 7.92. The summed E-state index contributed by atoms with van der Waals surface area (Å²) in [5.41, 5.74) is 5.69. The van der Waals surface area contributed by atoms with Crippen LogP contribution in [0.15, 0.2) is 48.7 Å². The largest absolute Gasteiger partial charge is 0.495 e. The Bertz CT molecular complexity index is 1430. The van der Waals surface area contributed by atoms with Crippen molar-refractivity contribution < 1.29 is 13.2 Å². The first-order valence-electron chi connectivity index (χ1n) is 13.0. The maximum absolute atomic E-state index is 12.1. The van der Waals surface area contributed by atoms with Gasteiger partial charge in [-0.1, -0.05) is 25.3 Å². The third kappa shape index (κ3) is 5.11. The van der Waals surface area contributed by atoms with E-state index in [4.69, 9.17) is 17.0 Å². The molecule has 10 heteroatoms. The summed E-state index contributed by atoms with van der Waals surface area (Å²) in [6.45, 7) is 4.39. The van der Waals surface area contributed by atoms with Gasteiger partial charge < -0.3 is 19.5 Å². The topological polar surface area (TPSA) is 88.5 Å². The third-order valence-electron chi connectivity index (χ3n) is 7.64. The Balaban J connectivity index is 1.64. The number of benzene rings is 1. The van der Waals surface area contributed by atoms with Crippen LogP contribution in [0.3, 0.4) is 0 Å². The first kappa shape index (κ1) is 26.5. The molecule has 1 saturated carbocycles. The molecule has 2 fully saturated rings. The molecule has 0 amide bonds. The lowest BCUT2D eigenvalue weighted by molar-refractivity contribution is 0.345. The summed E-state index contributed by atoms with van der Waals surface area (Å²) in [6, 6.07) is 13.8. The van der Waals surface area contributed by atoms with Gasteiger partial charge in [-0.15, -0.1) is 0 Å². The van der Waals surface area contributed by atoms with E-state index >= 15 is 0 Å². The molecule has 2 aliphatic rings. The zero-order chi connectivity index (χ0) is 27.0. The molecule has 1 aromatic carbocycles. The Morgan fingerprint density at radius 2 is 1.87 bits per heavy atom. The fourth-order valence-electron chi connectivity index (χ4n) is 6.08. The van der Waals surface area contributed by atoms with E-state index in [1.165, 1.54) is 56.2 Å². The normalized spacial score (nSPS) is 20.4. The fraction of sp³-hybridized carbons (Fsp3) is 0.429. The number of thiocarbonyl (C=S) groups is 1. The van der Waals surface area contributed by atoms with E-state index in [0.717, 1.165) is 17.6 Å². The molecule has 2 atom stereocenters. The summed E-state index contributed by atoms with van der Waals surface area (Å²) in [4.78, 5) is 6.75. The fourth-order valence-corrected chi connectivity index (χ4v) is 6.98. The summed E-state index contributed by atoms with van der Waals surface area (Å²) >= 11 is 5.91. The van der Waals surface area contributed by atoms with Crippen LogP contribution < -0.4 is 19.7 Å². The standard InChI is InChI=1S/C28H35N5O3S2/c1-18-16-22(19(2)32(18)20-10-6-5-7-11-20)27-26(23-12-8-9-15-29-23)30-28(37)33(27)21-13-14-25(36-3)24(17-21)31-38(4,34)35/h8-9,12-17,20,26-27,31H,5-7,10-11H2,1-4H3,(H,30,37). The molecule has 2 unspecified atom stereocenters. The number of nitrogens with one attached hydrogen (secondary N) is 2. The summed E-state index contributed by atoms with van der Waals surface area (Å²) in [7, 11) is -2.00. The molecular weight excluding hydrogens is 518 g/mol. The van der Waals surface area contributed by atoms with Crippen LogP contribution in [-0.4, -0.2) is 36.4 Å². The lowest BCUT2D eigenvalue weighted by Crippen LogP contribution is -2.29. The first-order chi connectivity index (χ1) is 18.2. The highest BCUT2D eigenvalue weighted by atomic mass is 32.2. The number of methoxy groups -OCH3 is 1. The van der Waals surface area contributed by atoms with Crippen molar-refractivity contribution >= 4 is 38.7 Å². The molecule has 3 aromatic rings. The number of rotatable bonds is 7. The smallest absolute Gasteiger partial charge is 0.229 e. The van der Waals surface area contributed by atoms with E-state index in [-0.39, 0.29) is 12.1 Å². The van der Waals surface area contributed by atoms with E-state index in [0.29, 0.717) is 22.6 Å². The molecule has 8 nitrogen and oxygen atoms in total. The van der Waals surface area contributed by atoms with Gasteiger partial charge in [-0.05, 0) is 80.9 Å². The highest BCUT2D eigenvalue weighted by Crippen LogP contribution is 2.45. The molecule has 5 rings (SSSR count). The van der Waals surface area contributed by atoms with Crippen molar-refractivity contribution in [1.29, 1.82) is 0 Å². The monoisotopic (exact) mass is 553 g/mol. The van der Waals surface area contributed by atoms with Gasteiger partial charge in [-0.2, -0.15) is 0 Å². The van der Waals surface area contributed by atoms with E-state index in [1.54, 1.807) is 18.3 Å². The van der Waals surface area contributed by atoms with Gasteiger partial charge in [-0.3, -0.25) is 9.71 Å². The minimum absolute atomic E-state index is 0.180. The van der Waals surface area contributed by atoms with Crippen LogP contribution in [0.25, 0.3) is 0 Å². The Morgan fingerprint density at radius 3 is 2.53 bits per heavy atom. The average molecular weight is 554 g/mol. The predicted molar refractivity (Wildman–Crippen MR) is 155 cm³/mol. The van der Waals surface area contributed by atoms with Gasteiger partial charge >= 0.3 is 0 Å². The van der Waals surface area contributed by atoms with Gasteiger partial charge in [0.15, 0.2) is 5.11 Å². The number of ether oxygens (including phenoxy) is 1. The van der Waals surface area contributed by atoms with Crippen LogP contribution in [0, 0.1) is 13.8 Å². The van der Waals surface area contributed by atoms with Crippen molar-refractivity contribution in [2.75, 3.05) is 23.0 Å². The number of anilines is 2. The Hall–Kier alpha value is -3.11. The number of nitrogens with zero attached hydrogens (tertiary/aromatic N) is 3. The van der Waals surface area contributed by atoms with Crippen LogP contribution in [-0.2, 0) is 10.0 Å². The second-order valence-corrected chi connectivity index (χ2v) is 12.4. The molecule has 0 spiro atoms. The molecule has 3 heterocycles.